The number of halogens is 1. The van der Waals surface area contributed by atoms with Gasteiger partial charge in [0.05, 0.1) is 10.6 Å². The van der Waals surface area contributed by atoms with Gasteiger partial charge in [0.2, 0.25) is 5.28 Å². The summed E-state index contributed by atoms with van der Waals surface area (Å²) in [7, 11) is 1.88. The quantitative estimate of drug-likeness (QED) is 0.780. The maximum Gasteiger partial charge on any atom is 0.224 e. The summed E-state index contributed by atoms with van der Waals surface area (Å²) in [6.45, 7) is 4.10. The van der Waals surface area contributed by atoms with Gasteiger partial charge in [0.25, 0.3) is 0 Å². The molecule has 0 amide bonds. The summed E-state index contributed by atoms with van der Waals surface area (Å²) in [6, 6.07) is 0. The van der Waals surface area contributed by atoms with Crippen LogP contribution in [0.25, 0.3) is 0 Å². The van der Waals surface area contributed by atoms with E-state index in [4.69, 9.17) is 11.6 Å². The molecule has 0 bridgehead atoms. The number of hydrogen-bond donors (Lipinski definition) is 0. The number of fused-ring (bicyclic) bond motifs is 1. The molecule has 0 unspecified atom stereocenters. The van der Waals surface area contributed by atoms with Gasteiger partial charge in [0.15, 0.2) is 10.2 Å². The normalized spacial score (nSPS) is 14.6. The number of thioether (sulfide) groups is 2. The van der Waals surface area contributed by atoms with Gasteiger partial charge in [-0.15, -0.1) is 0 Å². The molecule has 2 heterocycles. The third-order valence-corrected chi connectivity index (χ3v) is 4.80. The van der Waals surface area contributed by atoms with Crippen LogP contribution in [0.4, 0.5) is 5.82 Å². The molecule has 0 saturated carbocycles. The Hall–Kier alpha value is -0.460. The molecule has 0 radical (unpaired) electrons. The monoisotopic (exact) mass is 288 g/mol. The van der Waals surface area contributed by atoms with E-state index in [1.807, 2.05) is 14.0 Å². The second-order valence-electron chi connectivity index (χ2n) is 3.57. The van der Waals surface area contributed by atoms with Crippen molar-refractivity contribution >= 4 is 45.3 Å². The molecule has 17 heavy (non-hydrogen) atoms. The molecule has 7 heteroatoms. The van der Waals surface area contributed by atoms with Gasteiger partial charge in [-0.3, -0.25) is 0 Å². The molecule has 2 rings (SSSR count). The first-order valence-electron chi connectivity index (χ1n) is 5.29. The Morgan fingerprint density at radius 3 is 2.88 bits per heavy atom. The fraction of sp³-hybridized carbons (Fsp3) is 0.500. The summed E-state index contributed by atoms with van der Waals surface area (Å²) in [6.07, 6.45) is 1.14. The number of anilines is 1. The number of hydrogen-bond acceptors (Lipinski definition) is 6. The summed E-state index contributed by atoms with van der Waals surface area (Å²) in [4.78, 5) is 9.44. The molecular weight excluding hydrogens is 276 g/mol. The van der Waals surface area contributed by atoms with Crippen LogP contribution in [-0.4, -0.2) is 27.1 Å². The molecule has 4 nitrogen and oxygen atoms in total. The summed E-state index contributed by atoms with van der Waals surface area (Å²) in [5, 5.41) is 6.51. The van der Waals surface area contributed by atoms with E-state index >= 15 is 0 Å². The average Bonchev–Trinajstić information content (AvgIpc) is 2.28. The van der Waals surface area contributed by atoms with Gasteiger partial charge >= 0.3 is 0 Å². The molecule has 0 spiro atoms. The largest absolute Gasteiger partial charge is 0.248 e. The Balaban J connectivity index is 2.30. The van der Waals surface area contributed by atoms with Gasteiger partial charge in [-0.2, -0.15) is 10.1 Å². The second-order valence-corrected chi connectivity index (χ2v) is 6.25. The van der Waals surface area contributed by atoms with Crippen molar-refractivity contribution in [3.63, 3.8) is 0 Å². The fourth-order valence-corrected chi connectivity index (χ4v) is 3.68. The molecule has 1 aliphatic heterocycles. The smallest absolute Gasteiger partial charge is 0.224 e. The molecular formula is C10H13ClN4S2. The van der Waals surface area contributed by atoms with Gasteiger partial charge in [0, 0.05) is 7.05 Å². The number of aryl methyl sites for hydroxylation is 1. The van der Waals surface area contributed by atoms with Crippen LogP contribution in [0.5, 0.6) is 0 Å². The van der Waals surface area contributed by atoms with E-state index < -0.39 is 0 Å². The molecule has 1 aromatic rings. The van der Waals surface area contributed by atoms with Crippen LogP contribution in [0.2, 0.25) is 5.28 Å². The zero-order chi connectivity index (χ0) is 12.4. The van der Waals surface area contributed by atoms with Gasteiger partial charge in [0.1, 0.15) is 0 Å². The topological polar surface area (TPSA) is 41.4 Å². The highest BCUT2D eigenvalue weighted by Crippen LogP contribution is 2.39. The SMILES string of the molecule is CCCSC1=NN(C)c2nc(Cl)nc(C)c2S1. The Morgan fingerprint density at radius 1 is 1.41 bits per heavy atom. The zero-order valence-electron chi connectivity index (χ0n) is 9.90. The van der Waals surface area contributed by atoms with Crippen molar-refractivity contribution in [3.8, 4) is 0 Å². The van der Waals surface area contributed by atoms with Crippen LogP contribution in [-0.2, 0) is 0 Å². The molecule has 0 aromatic carbocycles. The van der Waals surface area contributed by atoms with E-state index in [1.165, 1.54) is 0 Å². The molecule has 1 aliphatic rings. The van der Waals surface area contributed by atoms with Crippen LogP contribution < -0.4 is 5.01 Å². The molecule has 0 fully saturated rings. The number of aromatic nitrogens is 2. The van der Waals surface area contributed by atoms with Gasteiger partial charge < -0.3 is 0 Å². The third kappa shape index (κ3) is 2.86. The lowest BCUT2D eigenvalue weighted by atomic mass is 10.4. The first kappa shape index (κ1) is 13.0. The lowest BCUT2D eigenvalue weighted by Crippen LogP contribution is -2.18. The minimum atomic E-state index is 0.272. The Bertz CT molecular complexity index is 464. The fourth-order valence-electron chi connectivity index (χ4n) is 1.38. The van der Waals surface area contributed by atoms with Crippen LogP contribution >= 0.6 is 35.1 Å². The lowest BCUT2D eigenvalue weighted by molar-refractivity contribution is 0.911. The minimum absolute atomic E-state index is 0.272. The molecule has 0 aliphatic carbocycles. The number of nitrogens with zero attached hydrogens (tertiary/aromatic N) is 4. The van der Waals surface area contributed by atoms with Crippen molar-refractivity contribution in [2.24, 2.45) is 5.10 Å². The molecule has 92 valence electrons. The van der Waals surface area contributed by atoms with E-state index in [-0.39, 0.29) is 5.28 Å². The van der Waals surface area contributed by atoms with Gasteiger partial charge in [-0.1, -0.05) is 30.4 Å². The predicted octanol–water partition coefficient (Wildman–Crippen LogP) is 3.39. The third-order valence-electron chi connectivity index (χ3n) is 2.15. The van der Waals surface area contributed by atoms with E-state index in [0.29, 0.717) is 0 Å². The van der Waals surface area contributed by atoms with E-state index in [9.17, 15) is 0 Å². The van der Waals surface area contributed by atoms with Crippen molar-refractivity contribution in [1.29, 1.82) is 0 Å². The summed E-state index contributed by atoms with van der Waals surface area (Å²) >= 11 is 9.24. The number of rotatable bonds is 2. The van der Waals surface area contributed by atoms with Crippen molar-refractivity contribution in [2.75, 3.05) is 17.8 Å². The van der Waals surface area contributed by atoms with Crippen molar-refractivity contribution < 1.29 is 0 Å². The van der Waals surface area contributed by atoms with Gasteiger partial charge in [-0.05, 0) is 30.7 Å². The van der Waals surface area contributed by atoms with Crippen LogP contribution in [0.15, 0.2) is 10.00 Å². The standard InChI is InChI=1S/C10H13ClN4S2/c1-4-5-16-10-14-15(3)8-7(17-10)6(2)12-9(11)13-8/h4-5H2,1-3H3. The lowest BCUT2D eigenvalue weighted by Gasteiger charge is -2.23. The highest BCUT2D eigenvalue weighted by molar-refractivity contribution is 8.39. The highest BCUT2D eigenvalue weighted by Gasteiger charge is 2.22. The Morgan fingerprint density at radius 2 is 2.18 bits per heavy atom. The van der Waals surface area contributed by atoms with Crippen molar-refractivity contribution in [1.82, 2.24) is 9.97 Å². The predicted molar refractivity (Wildman–Crippen MR) is 76.2 cm³/mol. The van der Waals surface area contributed by atoms with Crippen LogP contribution in [0.3, 0.4) is 0 Å². The van der Waals surface area contributed by atoms with E-state index in [2.05, 4.69) is 22.0 Å². The molecule has 1 aromatic heterocycles. The number of hydrazone groups is 1. The first-order chi connectivity index (χ1) is 8.11. The molecule has 0 saturated heterocycles. The second kappa shape index (κ2) is 5.46. The summed E-state index contributed by atoms with van der Waals surface area (Å²) < 4.78 is 1.04. The van der Waals surface area contributed by atoms with Crippen LogP contribution in [0, 0.1) is 6.92 Å². The summed E-state index contributed by atoms with van der Waals surface area (Å²) in [5.41, 5.74) is 0.904. The zero-order valence-corrected chi connectivity index (χ0v) is 12.3. The summed E-state index contributed by atoms with van der Waals surface area (Å²) in [5.74, 6) is 1.86. The van der Waals surface area contributed by atoms with Crippen molar-refractivity contribution in [3.05, 3.63) is 11.0 Å². The highest BCUT2D eigenvalue weighted by atomic mass is 35.5. The first-order valence-corrected chi connectivity index (χ1v) is 7.47. The minimum Gasteiger partial charge on any atom is -0.248 e. The Kier molecular flexibility index (Phi) is 4.17. The van der Waals surface area contributed by atoms with Crippen LogP contribution in [0.1, 0.15) is 19.0 Å². The van der Waals surface area contributed by atoms with E-state index in [1.54, 1.807) is 28.5 Å². The molecule has 0 atom stereocenters. The van der Waals surface area contributed by atoms with Crippen molar-refractivity contribution in [2.45, 2.75) is 25.2 Å². The van der Waals surface area contributed by atoms with E-state index in [0.717, 1.165) is 33.0 Å². The maximum atomic E-state index is 5.86. The molecule has 0 N–H and O–H groups in total. The average molecular weight is 289 g/mol. The van der Waals surface area contributed by atoms with Gasteiger partial charge in [-0.25, -0.2) is 9.99 Å². The maximum absolute atomic E-state index is 5.86. The Labute approximate surface area is 114 Å².